The summed E-state index contributed by atoms with van der Waals surface area (Å²) in [6.45, 7) is 2.68. The van der Waals surface area contributed by atoms with E-state index in [2.05, 4.69) is 5.32 Å². The quantitative estimate of drug-likeness (QED) is 0.656. The van der Waals surface area contributed by atoms with E-state index in [9.17, 15) is 10.1 Å². The molecule has 1 aromatic carbocycles. The van der Waals surface area contributed by atoms with E-state index >= 15 is 0 Å². The van der Waals surface area contributed by atoms with Crippen LogP contribution in [0.5, 0.6) is 0 Å². The molecule has 0 fully saturated rings. The van der Waals surface area contributed by atoms with Crippen LogP contribution in [0.3, 0.4) is 0 Å². The molecule has 0 saturated carbocycles. The van der Waals surface area contributed by atoms with Crippen molar-refractivity contribution in [3.05, 3.63) is 38.9 Å². The van der Waals surface area contributed by atoms with Gasteiger partial charge in [-0.1, -0.05) is 0 Å². The summed E-state index contributed by atoms with van der Waals surface area (Å²) < 4.78 is 5.81. The van der Waals surface area contributed by atoms with Gasteiger partial charge >= 0.3 is 0 Å². The molecule has 23 heavy (non-hydrogen) atoms. The first-order valence-electron chi connectivity index (χ1n) is 7.71. The average Bonchev–Trinajstić information content (AvgIpc) is 2.99. The van der Waals surface area contributed by atoms with Gasteiger partial charge < -0.3 is 10.1 Å². The van der Waals surface area contributed by atoms with Crippen molar-refractivity contribution in [3.63, 3.8) is 0 Å². The second kappa shape index (κ2) is 6.64. The minimum absolute atomic E-state index is 0.0690. The monoisotopic (exact) mass is 333 g/mol. The lowest BCUT2D eigenvalue weighted by Gasteiger charge is -2.20. The summed E-state index contributed by atoms with van der Waals surface area (Å²) in [5.74, 6) is 0. The van der Waals surface area contributed by atoms with Gasteiger partial charge in [-0.25, -0.2) is 4.98 Å². The van der Waals surface area contributed by atoms with Crippen molar-refractivity contribution < 1.29 is 9.66 Å². The lowest BCUT2D eigenvalue weighted by atomic mass is 10.0. The van der Waals surface area contributed by atoms with Gasteiger partial charge in [0, 0.05) is 25.3 Å². The molecule has 1 heterocycles. The van der Waals surface area contributed by atoms with Gasteiger partial charge in [-0.3, -0.25) is 10.1 Å². The maximum absolute atomic E-state index is 11.2. The van der Waals surface area contributed by atoms with Gasteiger partial charge in [-0.15, -0.1) is 11.3 Å². The number of hydrogen-bond donors (Lipinski definition) is 1. The van der Waals surface area contributed by atoms with Crippen molar-refractivity contribution in [2.75, 3.05) is 19.0 Å². The highest BCUT2D eigenvalue weighted by molar-refractivity contribution is 7.15. The fourth-order valence-electron chi connectivity index (χ4n) is 2.89. The molecule has 2 aromatic rings. The summed E-state index contributed by atoms with van der Waals surface area (Å²) in [5, 5.41) is 14.9. The molecule has 1 aliphatic carbocycles. The van der Waals surface area contributed by atoms with Gasteiger partial charge in [-0.05, 0) is 38.3 Å². The first-order chi connectivity index (χ1) is 11.1. The number of aromatic nitrogens is 1. The lowest BCUT2D eigenvalue weighted by Crippen LogP contribution is -2.10. The van der Waals surface area contributed by atoms with Crippen LogP contribution in [0.1, 0.15) is 36.4 Å². The van der Waals surface area contributed by atoms with Crippen LogP contribution in [0.2, 0.25) is 0 Å². The maximum atomic E-state index is 11.2. The van der Waals surface area contributed by atoms with E-state index in [1.165, 1.54) is 4.88 Å². The molecular weight excluding hydrogens is 314 g/mol. The van der Waals surface area contributed by atoms with Crippen molar-refractivity contribution in [2.24, 2.45) is 0 Å². The van der Waals surface area contributed by atoms with E-state index in [4.69, 9.17) is 9.72 Å². The normalized spacial score (nSPS) is 16.9. The molecule has 122 valence electrons. The summed E-state index contributed by atoms with van der Waals surface area (Å²) in [7, 11) is 1.68. The van der Waals surface area contributed by atoms with Crippen LogP contribution in [-0.4, -0.2) is 23.6 Å². The van der Waals surface area contributed by atoms with Crippen LogP contribution in [0.4, 0.5) is 11.4 Å². The van der Waals surface area contributed by atoms with Crippen LogP contribution in [0, 0.1) is 10.1 Å². The Morgan fingerprint density at radius 3 is 3.04 bits per heavy atom. The van der Waals surface area contributed by atoms with E-state index in [0.29, 0.717) is 12.3 Å². The second-order valence-corrected chi connectivity index (χ2v) is 6.44. The zero-order chi connectivity index (χ0) is 16.4. The van der Waals surface area contributed by atoms with Gasteiger partial charge in [0.2, 0.25) is 0 Å². The van der Waals surface area contributed by atoms with Crippen LogP contribution in [0.25, 0.3) is 10.6 Å². The maximum Gasteiger partial charge on any atom is 0.293 e. The molecule has 0 bridgehead atoms. The summed E-state index contributed by atoms with van der Waals surface area (Å²) in [6.07, 6.45) is 3.15. The van der Waals surface area contributed by atoms with Crippen molar-refractivity contribution in [1.82, 2.24) is 4.98 Å². The minimum Gasteiger partial charge on any atom is -0.383 e. The molecule has 3 rings (SSSR count). The van der Waals surface area contributed by atoms with Crippen LogP contribution in [-0.2, 0) is 11.2 Å². The number of thiazole rings is 1. The minimum atomic E-state index is -0.369. The Balaban J connectivity index is 2.00. The SMILES string of the molecule is CCOC1CCCc2nc(-c3ccc(NC)c([N+](=O)[O-])c3)sc21. The largest absolute Gasteiger partial charge is 0.383 e. The first-order valence-corrected chi connectivity index (χ1v) is 8.53. The van der Waals surface area contributed by atoms with Crippen molar-refractivity contribution in [3.8, 4) is 10.6 Å². The van der Waals surface area contributed by atoms with Crippen LogP contribution >= 0.6 is 11.3 Å². The number of anilines is 1. The Morgan fingerprint density at radius 2 is 2.35 bits per heavy atom. The third-order valence-electron chi connectivity index (χ3n) is 3.98. The Labute approximate surface area is 138 Å². The lowest BCUT2D eigenvalue weighted by molar-refractivity contribution is -0.383. The molecule has 1 N–H and O–H groups in total. The molecule has 0 radical (unpaired) electrons. The average molecular weight is 333 g/mol. The summed E-state index contributed by atoms with van der Waals surface area (Å²) >= 11 is 1.59. The molecule has 0 saturated heterocycles. The second-order valence-electron chi connectivity index (χ2n) is 5.41. The van der Waals surface area contributed by atoms with Gasteiger partial charge in [0.15, 0.2) is 0 Å². The molecular formula is C16H19N3O3S. The van der Waals surface area contributed by atoms with Crippen LogP contribution in [0.15, 0.2) is 18.2 Å². The third kappa shape index (κ3) is 3.07. The number of nitro groups is 1. The zero-order valence-electron chi connectivity index (χ0n) is 13.2. The summed E-state index contributed by atoms with van der Waals surface area (Å²) in [4.78, 5) is 16.7. The molecule has 1 aromatic heterocycles. The highest BCUT2D eigenvalue weighted by Crippen LogP contribution is 2.40. The molecule has 7 heteroatoms. The zero-order valence-corrected chi connectivity index (χ0v) is 14.0. The molecule has 0 aliphatic heterocycles. The fourth-order valence-corrected chi connectivity index (χ4v) is 4.08. The molecule has 1 unspecified atom stereocenters. The van der Waals surface area contributed by atoms with Gasteiger partial charge in [0.05, 0.1) is 21.6 Å². The predicted molar refractivity (Wildman–Crippen MR) is 91.1 cm³/mol. The number of fused-ring (bicyclic) bond motifs is 1. The van der Waals surface area contributed by atoms with Gasteiger partial charge in [0.1, 0.15) is 10.7 Å². The standard InChI is InChI=1S/C16H19N3O3S/c1-3-22-14-6-4-5-12-15(14)23-16(18-12)10-7-8-11(17-2)13(9-10)19(20)21/h7-9,14,17H,3-6H2,1-2H3. The smallest absolute Gasteiger partial charge is 0.293 e. The van der Waals surface area contributed by atoms with Crippen molar-refractivity contribution in [2.45, 2.75) is 32.3 Å². The number of nitrogens with one attached hydrogen (secondary N) is 1. The van der Waals surface area contributed by atoms with Crippen molar-refractivity contribution >= 4 is 22.7 Å². The molecule has 6 nitrogen and oxygen atoms in total. The Hall–Kier alpha value is -1.99. The van der Waals surface area contributed by atoms with E-state index in [1.54, 1.807) is 30.5 Å². The summed E-state index contributed by atoms with van der Waals surface area (Å²) in [5.41, 5.74) is 2.44. The number of aryl methyl sites for hydroxylation is 1. The van der Waals surface area contributed by atoms with Crippen molar-refractivity contribution in [1.29, 1.82) is 0 Å². The molecule has 1 atom stereocenters. The number of hydrogen-bond acceptors (Lipinski definition) is 6. The first kappa shape index (κ1) is 15.9. The Bertz CT molecular complexity index is 729. The topological polar surface area (TPSA) is 77.3 Å². The van der Waals surface area contributed by atoms with E-state index < -0.39 is 0 Å². The highest BCUT2D eigenvalue weighted by Gasteiger charge is 2.26. The number of ether oxygens (including phenoxy) is 1. The fraction of sp³-hybridized carbons (Fsp3) is 0.438. The molecule has 0 amide bonds. The molecule has 1 aliphatic rings. The number of rotatable bonds is 5. The van der Waals surface area contributed by atoms with Crippen LogP contribution < -0.4 is 5.32 Å². The van der Waals surface area contributed by atoms with E-state index in [1.807, 2.05) is 13.0 Å². The van der Waals surface area contributed by atoms with E-state index in [-0.39, 0.29) is 16.7 Å². The number of nitro benzene ring substituents is 1. The number of nitrogens with zero attached hydrogens (tertiary/aromatic N) is 2. The Kier molecular flexibility index (Phi) is 4.58. The predicted octanol–water partition coefficient (Wildman–Crippen LogP) is 4.17. The highest BCUT2D eigenvalue weighted by atomic mass is 32.1. The van der Waals surface area contributed by atoms with Gasteiger partial charge in [0.25, 0.3) is 5.69 Å². The number of benzene rings is 1. The third-order valence-corrected chi connectivity index (χ3v) is 5.22. The molecule has 0 spiro atoms. The Morgan fingerprint density at radius 1 is 1.52 bits per heavy atom. The summed E-state index contributed by atoms with van der Waals surface area (Å²) in [6, 6.07) is 5.19. The van der Waals surface area contributed by atoms with E-state index in [0.717, 1.165) is 35.5 Å². The van der Waals surface area contributed by atoms with Gasteiger partial charge in [-0.2, -0.15) is 0 Å².